The lowest BCUT2D eigenvalue weighted by atomic mass is 10.1. The second-order valence-corrected chi connectivity index (χ2v) is 8.89. The van der Waals surface area contributed by atoms with Gasteiger partial charge in [0.05, 0.1) is 27.6 Å². The molecule has 4 aromatic rings. The highest BCUT2D eigenvalue weighted by Gasteiger charge is 2.12. The van der Waals surface area contributed by atoms with E-state index in [0.717, 1.165) is 32.2 Å². The first-order valence-electron chi connectivity index (χ1n) is 9.44. The predicted octanol–water partition coefficient (Wildman–Crippen LogP) is 6.28. The summed E-state index contributed by atoms with van der Waals surface area (Å²) in [5.74, 6) is -0.353. The van der Waals surface area contributed by atoms with Crippen LogP contribution in [-0.4, -0.2) is 34.5 Å². The summed E-state index contributed by atoms with van der Waals surface area (Å²) in [4.78, 5) is 11.6. The third-order valence-corrected chi connectivity index (χ3v) is 6.81. The van der Waals surface area contributed by atoms with Crippen molar-refractivity contribution in [3.8, 4) is 0 Å². The van der Waals surface area contributed by atoms with Crippen LogP contribution in [0.1, 0.15) is 26.2 Å². The quantitative estimate of drug-likeness (QED) is 0.419. The molecule has 1 N–H and O–H groups in total. The Morgan fingerprint density at radius 1 is 1.18 bits per heavy atom. The molecule has 1 saturated heterocycles. The molecule has 4 heterocycles. The van der Waals surface area contributed by atoms with Crippen LogP contribution in [-0.2, 0) is 0 Å². The van der Waals surface area contributed by atoms with E-state index in [1.54, 1.807) is 16.8 Å². The molecular formula is C21H23FN4S2. The van der Waals surface area contributed by atoms with Gasteiger partial charge in [-0.2, -0.15) is 0 Å². The summed E-state index contributed by atoms with van der Waals surface area (Å²) in [6.45, 7) is 3.61. The molecular weight excluding hydrogens is 391 g/mol. The Kier molecular flexibility index (Phi) is 5.85. The Morgan fingerprint density at radius 3 is 2.86 bits per heavy atom. The maximum atomic E-state index is 14.0. The monoisotopic (exact) mass is 414 g/mol. The van der Waals surface area contributed by atoms with Crippen molar-refractivity contribution < 1.29 is 4.39 Å². The molecule has 1 unspecified atom stereocenters. The van der Waals surface area contributed by atoms with E-state index in [4.69, 9.17) is 0 Å². The first-order valence-corrected chi connectivity index (χ1v) is 11.2. The summed E-state index contributed by atoms with van der Waals surface area (Å²) in [5.41, 5.74) is 4.00. The first kappa shape index (κ1) is 19.2. The van der Waals surface area contributed by atoms with E-state index in [0.29, 0.717) is 5.69 Å². The lowest BCUT2D eigenvalue weighted by Crippen LogP contribution is -2.33. The van der Waals surface area contributed by atoms with Gasteiger partial charge in [0.1, 0.15) is 4.83 Å². The summed E-state index contributed by atoms with van der Waals surface area (Å²) in [6.07, 6.45) is 5.49. The molecule has 5 rings (SSSR count). The summed E-state index contributed by atoms with van der Waals surface area (Å²) in [6, 6.07) is 8.55. The molecule has 3 aromatic heterocycles. The number of nitrogens with one attached hydrogen (secondary N) is 1. The number of rotatable bonds is 2. The van der Waals surface area contributed by atoms with Crippen LogP contribution in [0.4, 0.5) is 15.8 Å². The SMILES string of the molecule is CC1CCCCN1C.Fc1cnc2sccc2c1Nc1ccc2scnc2c1. The van der Waals surface area contributed by atoms with E-state index in [-0.39, 0.29) is 5.82 Å². The minimum Gasteiger partial charge on any atom is -0.352 e. The van der Waals surface area contributed by atoms with Crippen LogP contribution in [0.2, 0.25) is 0 Å². The molecule has 1 atom stereocenters. The molecule has 1 fully saturated rings. The maximum Gasteiger partial charge on any atom is 0.165 e. The fourth-order valence-electron chi connectivity index (χ4n) is 3.35. The van der Waals surface area contributed by atoms with Gasteiger partial charge in [0.25, 0.3) is 0 Å². The second-order valence-electron chi connectivity index (χ2n) is 7.11. The van der Waals surface area contributed by atoms with Crippen molar-refractivity contribution in [2.75, 3.05) is 18.9 Å². The number of fused-ring (bicyclic) bond motifs is 2. The highest BCUT2D eigenvalue weighted by atomic mass is 32.1. The van der Waals surface area contributed by atoms with Gasteiger partial charge in [-0.25, -0.2) is 14.4 Å². The number of benzene rings is 1. The molecule has 1 aliphatic rings. The smallest absolute Gasteiger partial charge is 0.165 e. The largest absolute Gasteiger partial charge is 0.352 e. The van der Waals surface area contributed by atoms with Crippen LogP contribution in [0.25, 0.3) is 20.4 Å². The standard InChI is InChI=1S/C14H8FN3S2.C7H15N/c15-10-6-16-14-9(3-4-19-14)13(10)18-8-1-2-12-11(5-8)17-7-20-12;1-7-5-3-4-6-8(7)2/h1-7H,(H,16,18);7H,3-6H2,1-2H3. The van der Waals surface area contributed by atoms with Crippen LogP contribution >= 0.6 is 22.7 Å². The minimum atomic E-state index is -0.353. The number of piperidine rings is 1. The molecule has 146 valence electrons. The molecule has 0 aliphatic carbocycles. The number of likely N-dealkylation sites (tertiary alicyclic amines) is 1. The van der Waals surface area contributed by atoms with Crippen molar-refractivity contribution in [1.29, 1.82) is 0 Å². The van der Waals surface area contributed by atoms with Crippen LogP contribution in [0.15, 0.2) is 41.4 Å². The number of anilines is 2. The van der Waals surface area contributed by atoms with Gasteiger partial charge < -0.3 is 10.2 Å². The number of thiazole rings is 1. The Balaban J connectivity index is 0.000000203. The normalized spacial score (nSPS) is 17.5. The fraction of sp³-hybridized carbons (Fsp3) is 0.333. The number of nitrogens with zero attached hydrogens (tertiary/aromatic N) is 3. The van der Waals surface area contributed by atoms with Gasteiger partial charge in [0.2, 0.25) is 0 Å². The van der Waals surface area contributed by atoms with Gasteiger partial charge in [0.15, 0.2) is 5.82 Å². The number of hydrogen-bond donors (Lipinski definition) is 1. The van der Waals surface area contributed by atoms with Crippen molar-refractivity contribution in [3.05, 3.63) is 47.2 Å². The second kappa shape index (κ2) is 8.51. The van der Waals surface area contributed by atoms with Crippen molar-refractivity contribution in [3.63, 3.8) is 0 Å². The molecule has 1 aliphatic heterocycles. The Morgan fingerprint density at radius 2 is 2.07 bits per heavy atom. The van der Waals surface area contributed by atoms with Gasteiger partial charge in [-0.1, -0.05) is 6.42 Å². The average Bonchev–Trinajstić information content (AvgIpc) is 3.36. The van der Waals surface area contributed by atoms with Crippen molar-refractivity contribution in [1.82, 2.24) is 14.9 Å². The van der Waals surface area contributed by atoms with Gasteiger partial charge in [-0.3, -0.25) is 0 Å². The third kappa shape index (κ3) is 4.16. The van der Waals surface area contributed by atoms with E-state index in [1.807, 2.05) is 29.6 Å². The fourth-order valence-corrected chi connectivity index (χ4v) is 4.75. The topological polar surface area (TPSA) is 41.1 Å². The zero-order chi connectivity index (χ0) is 19.5. The maximum absolute atomic E-state index is 14.0. The Labute approximate surface area is 172 Å². The lowest BCUT2D eigenvalue weighted by molar-refractivity contribution is 0.200. The summed E-state index contributed by atoms with van der Waals surface area (Å²) < 4.78 is 15.1. The molecule has 4 nitrogen and oxygen atoms in total. The van der Waals surface area contributed by atoms with Crippen LogP contribution in [0, 0.1) is 5.82 Å². The van der Waals surface area contributed by atoms with Gasteiger partial charge in [0, 0.05) is 17.1 Å². The zero-order valence-electron chi connectivity index (χ0n) is 16.0. The molecule has 1 aromatic carbocycles. The Hall–Kier alpha value is -2.09. The number of aromatic nitrogens is 2. The van der Waals surface area contributed by atoms with Crippen LogP contribution in [0.5, 0.6) is 0 Å². The van der Waals surface area contributed by atoms with Gasteiger partial charge >= 0.3 is 0 Å². The number of hydrogen-bond acceptors (Lipinski definition) is 6. The number of halogens is 1. The number of pyridine rings is 1. The van der Waals surface area contributed by atoms with E-state index >= 15 is 0 Å². The van der Waals surface area contributed by atoms with Crippen LogP contribution in [0.3, 0.4) is 0 Å². The van der Waals surface area contributed by atoms with Crippen molar-refractivity contribution >= 4 is 54.5 Å². The van der Waals surface area contributed by atoms with Crippen molar-refractivity contribution in [2.45, 2.75) is 32.2 Å². The molecule has 0 spiro atoms. The molecule has 0 bridgehead atoms. The molecule has 28 heavy (non-hydrogen) atoms. The van der Waals surface area contributed by atoms with Crippen molar-refractivity contribution in [2.24, 2.45) is 0 Å². The molecule has 0 saturated carbocycles. The summed E-state index contributed by atoms with van der Waals surface area (Å²) >= 11 is 3.08. The summed E-state index contributed by atoms with van der Waals surface area (Å²) in [7, 11) is 2.21. The van der Waals surface area contributed by atoms with E-state index < -0.39 is 0 Å². The van der Waals surface area contributed by atoms with E-state index in [9.17, 15) is 4.39 Å². The zero-order valence-corrected chi connectivity index (χ0v) is 17.6. The highest BCUT2D eigenvalue weighted by molar-refractivity contribution is 7.17. The van der Waals surface area contributed by atoms with E-state index in [2.05, 4.69) is 34.2 Å². The third-order valence-electron chi connectivity index (χ3n) is 5.18. The first-order chi connectivity index (χ1) is 13.6. The predicted molar refractivity (Wildman–Crippen MR) is 118 cm³/mol. The minimum absolute atomic E-state index is 0.353. The molecule has 0 amide bonds. The van der Waals surface area contributed by atoms with Gasteiger partial charge in [-0.05, 0) is 63.0 Å². The van der Waals surface area contributed by atoms with E-state index in [1.165, 1.54) is 43.3 Å². The summed E-state index contributed by atoms with van der Waals surface area (Å²) in [5, 5.41) is 5.85. The number of thiophene rings is 1. The average molecular weight is 415 g/mol. The molecule has 0 radical (unpaired) electrons. The van der Waals surface area contributed by atoms with Crippen LogP contribution < -0.4 is 5.32 Å². The molecule has 7 heteroatoms. The Bertz CT molecular complexity index is 1060. The highest BCUT2D eigenvalue weighted by Crippen LogP contribution is 2.32. The lowest BCUT2D eigenvalue weighted by Gasteiger charge is -2.29. The van der Waals surface area contributed by atoms with Gasteiger partial charge in [-0.15, -0.1) is 22.7 Å².